The van der Waals surface area contributed by atoms with Gasteiger partial charge in [-0.05, 0) is 67.8 Å². The molecule has 0 bridgehead atoms. The summed E-state index contributed by atoms with van der Waals surface area (Å²) < 4.78 is 32.3. The number of anilines is 1. The molecule has 28 heavy (non-hydrogen) atoms. The van der Waals surface area contributed by atoms with Gasteiger partial charge in [-0.3, -0.25) is 4.79 Å². The maximum Gasteiger partial charge on any atom is 0.265 e. The molecule has 3 rings (SSSR count). The lowest BCUT2D eigenvalue weighted by Gasteiger charge is -2.23. The predicted octanol–water partition coefficient (Wildman–Crippen LogP) is 3.36. The number of nitrogens with zero attached hydrogens (tertiary/aromatic N) is 2. The number of hydrogen-bond acceptors (Lipinski definition) is 4. The molecule has 0 saturated heterocycles. The fraction of sp³-hybridized carbons (Fsp3) is 0.350. The Morgan fingerprint density at radius 1 is 1.25 bits per heavy atom. The lowest BCUT2D eigenvalue weighted by Crippen LogP contribution is -2.39. The van der Waals surface area contributed by atoms with Crippen LogP contribution in [0.3, 0.4) is 0 Å². The van der Waals surface area contributed by atoms with E-state index in [2.05, 4.69) is 15.9 Å². The van der Waals surface area contributed by atoms with Gasteiger partial charge < -0.3 is 9.64 Å². The van der Waals surface area contributed by atoms with Crippen molar-refractivity contribution >= 4 is 37.5 Å². The second-order valence-corrected chi connectivity index (χ2v) is 10.2. The Hall–Kier alpha value is -1.90. The van der Waals surface area contributed by atoms with Crippen molar-refractivity contribution in [2.75, 3.05) is 25.6 Å². The topological polar surface area (TPSA) is 66.9 Å². The largest absolute Gasteiger partial charge is 0.483 e. The van der Waals surface area contributed by atoms with E-state index in [1.807, 2.05) is 25.1 Å². The molecule has 150 valence electrons. The first-order chi connectivity index (χ1) is 13.1. The number of rotatable bonds is 5. The summed E-state index contributed by atoms with van der Waals surface area (Å²) in [6, 6.07) is 10.6. The summed E-state index contributed by atoms with van der Waals surface area (Å²) in [5.41, 5.74) is 2.70. The highest BCUT2D eigenvalue weighted by Crippen LogP contribution is 2.34. The van der Waals surface area contributed by atoms with Crippen LogP contribution >= 0.6 is 15.9 Å². The van der Waals surface area contributed by atoms with Gasteiger partial charge in [0.2, 0.25) is 10.0 Å². The monoisotopic (exact) mass is 466 g/mol. The van der Waals surface area contributed by atoms with Crippen molar-refractivity contribution in [2.45, 2.75) is 31.2 Å². The van der Waals surface area contributed by atoms with Crippen molar-refractivity contribution in [1.82, 2.24) is 4.31 Å². The summed E-state index contributed by atoms with van der Waals surface area (Å²) in [5.74, 6) is 0.367. The molecule has 0 aliphatic carbocycles. The van der Waals surface area contributed by atoms with Crippen molar-refractivity contribution in [3.05, 3.63) is 52.0 Å². The fourth-order valence-corrected chi connectivity index (χ4v) is 4.74. The van der Waals surface area contributed by atoms with Gasteiger partial charge in [-0.25, -0.2) is 12.7 Å². The molecule has 8 heteroatoms. The first-order valence-corrected chi connectivity index (χ1v) is 11.1. The van der Waals surface area contributed by atoms with Gasteiger partial charge >= 0.3 is 0 Å². The molecular formula is C20H23BrN2O4S. The fourth-order valence-electron chi connectivity index (χ4n) is 3.34. The summed E-state index contributed by atoms with van der Waals surface area (Å²) >= 11 is 3.47. The minimum atomic E-state index is -3.51. The van der Waals surface area contributed by atoms with Crippen molar-refractivity contribution < 1.29 is 17.9 Å². The molecule has 0 N–H and O–H groups in total. The van der Waals surface area contributed by atoms with Gasteiger partial charge in [0.25, 0.3) is 5.91 Å². The highest BCUT2D eigenvalue weighted by molar-refractivity contribution is 9.10. The Morgan fingerprint density at radius 3 is 2.61 bits per heavy atom. The zero-order valence-corrected chi connectivity index (χ0v) is 18.7. The Balaban J connectivity index is 1.74. The van der Waals surface area contributed by atoms with E-state index in [0.717, 1.165) is 26.4 Å². The Labute approximate surface area is 174 Å². The van der Waals surface area contributed by atoms with Gasteiger partial charge in [0.15, 0.2) is 6.61 Å². The Bertz CT molecular complexity index is 1020. The first-order valence-electron chi connectivity index (χ1n) is 8.87. The van der Waals surface area contributed by atoms with Gasteiger partial charge in [-0.1, -0.05) is 15.9 Å². The normalized spacial score (nSPS) is 16.4. The molecule has 1 aliphatic rings. The van der Waals surface area contributed by atoms with E-state index in [1.165, 1.54) is 20.2 Å². The Kier molecular flexibility index (Phi) is 5.84. The van der Waals surface area contributed by atoms with E-state index in [0.29, 0.717) is 11.3 Å². The van der Waals surface area contributed by atoms with Crippen LogP contribution in [-0.4, -0.2) is 45.4 Å². The second kappa shape index (κ2) is 7.85. The minimum Gasteiger partial charge on any atom is -0.483 e. The van der Waals surface area contributed by atoms with Crippen LogP contribution in [0.5, 0.6) is 5.75 Å². The van der Waals surface area contributed by atoms with Crippen molar-refractivity contribution in [2.24, 2.45) is 0 Å². The predicted molar refractivity (Wildman–Crippen MR) is 112 cm³/mol. The molecule has 0 saturated carbocycles. The number of benzene rings is 2. The zero-order chi connectivity index (χ0) is 20.6. The summed E-state index contributed by atoms with van der Waals surface area (Å²) in [7, 11) is -0.531. The van der Waals surface area contributed by atoms with Crippen molar-refractivity contribution in [3.63, 3.8) is 0 Å². The molecule has 0 radical (unpaired) electrons. The zero-order valence-electron chi connectivity index (χ0n) is 16.3. The lowest BCUT2D eigenvalue weighted by molar-refractivity contribution is -0.120. The number of fused-ring (bicyclic) bond motifs is 1. The molecule has 1 amide bonds. The third-order valence-electron chi connectivity index (χ3n) is 4.80. The van der Waals surface area contributed by atoms with E-state index in [9.17, 15) is 13.2 Å². The van der Waals surface area contributed by atoms with Gasteiger partial charge in [0, 0.05) is 30.3 Å². The highest BCUT2D eigenvalue weighted by atomic mass is 79.9. The molecule has 6 nitrogen and oxygen atoms in total. The number of carbonyl (C=O) groups is 1. The van der Waals surface area contributed by atoms with Crippen LogP contribution in [0.15, 0.2) is 45.8 Å². The van der Waals surface area contributed by atoms with Gasteiger partial charge in [0.05, 0.1) is 4.90 Å². The molecule has 1 aliphatic heterocycles. The van der Waals surface area contributed by atoms with Crippen LogP contribution in [0, 0.1) is 6.92 Å². The standard InChI is InChI=1S/C20H23BrN2O4S/c1-13-9-17(28(25,26)22(3)4)6-8-19(13)27-12-20(24)23-14(2)10-15-11-16(21)5-7-18(15)23/h5-9,11,14H,10,12H2,1-4H3/t14-/m1/s1. The summed E-state index contributed by atoms with van der Waals surface area (Å²) in [5, 5.41) is 0. The van der Waals surface area contributed by atoms with Crippen LogP contribution < -0.4 is 9.64 Å². The number of amides is 1. The molecule has 2 aromatic carbocycles. The molecule has 0 aromatic heterocycles. The number of aryl methyl sites for hydroxylation is 1. The molecule has 1 heterocycles. The summed E-state index contributed by atoms with van der Waals surface area (Å²) in [6.45, 7) is 3.66. The Morgan fingerprint density at radius 2 is 1.96 bits per heavy atom. The lowest BCUT2D eigenvalue weighted by atomic mass is 10.1. The van der Waals surface area contributed by atoms with Crippen LogP contribution in [0.25, 0.3) is 0 Å². The maximum absolute atomic E-state index is 12.8. The van der Waals surface area contributed by atoms with E-state index in [4.69, 9.17) is 4.74 Å². The quantitative estimate of drug-likeness (QED) is 0.677. The molecular weight excluding hydrogens is 444 g/mol. The number of ether oxygens (including phenoxy) is 1. The van der Waals surface area contributed by atoms with Crippen molar-refractivity contribution in [3.8, 4) is 5.75 Å². The number of sulfonamides is 1. The number of halogens is 1. The average molecular weight is 467 g/mol. The third kappa shape index (κ3) is 3.94. The maximum atomic E-state index is 12.8. The second-order valence-electron chi connectivity index (χ2n) is 7.09. The van der Waals surface area contributed by atoms with Crippen LogP contribution in [0.2, 0.25) is 0 Å². The van der Waals surface area contributed by atoms with E-state index in [1.54, 1.807) is 24.0 Å². The van der Waals surface area contributed by atoms with E-state index < -0.39 is 10.0 Å². The molecule has 0 spiro atoms. The highest BCUT2D eigenvalue weighted by Gasteiger charge is 2.31. The van der Waals surface area contributed by atoms with Crippen LogP contribution in [0.1, 0.15) is 18.1 Å². The minimum absolute atomic E-state index is 0.0640. The van der Waals surface area contributed by atoms with Crippen molar-refractivity contribution in [1.29, 1.82) is 0 Å². The SMILES string of the molecule is Cc1cc(S(=O)(=O)N(C)C)ccc1OCC(=O)N1c2ccc(Br)cc2C[C@H]1C. The molecule has 1 atom stereocenters. The van der Waals surface area contributed by atoms with Crippen LogP contribution in [0.4, 0.5) is 5.69 Å². The van der Waals surface area contributed by atoms with Gasteiger partial charge in [-0.2, -0.15) is 0 Å². The first kappa shape index (κ1) is 20.8. The smallest absolute Gasteiger partial charge is 0.265 e. The van der Waals surface area contributed by atoms with Gasteiger partial charge in [-0.15, -0.1) is 0 Å². The number of hydrogen-bond donors (Lipinski definition) is 0. The average Bonchev–Trinajstić information content (AvgIpc) is 2.94. The summed E-state index contributed by atoms with van der Waals surface area (Å²) in [6.07, 6.45) is 0.802. The molecule has 0 unspecified atom stereocenters. The van der Waals surface area contributed by atoms with E-state index in [-0.39, 0.29) is 23.5 Å². The van der Waals surface area contributed by atoms with E-state index >= 15 is 0 Å². The molecule has 2 aromatic rings. The third-order valence-corrected chi connectivity index (χ3v) is 7.11. The van der Waals surface area contributed by atoms with Crippen LogP contribution in [-0.2, 0) is 21.2 Å². The molecule has 0 fully saturated rings. The number of carbonyl (C=O) groups excluding carboxylic acids is 1. The van der Waals surface area contributed by atoms with Gasteiger partial charge in [0.1, 0.15) is 5.75 Å². The summed E-state index contributed by atoms with van der Waals surface area (Å²) in [4.78, 5) is 14.8.